The zero-order valence-corrected chi connectivity index (χ0v) is 14.3. The van der Waals surface area contributed by atoms with Gasteiger partial charge in [-0.2, -0.15) is 0 Å². The Bertz CT molecular complexity index is 806. The molecule has 0 spiro atoms. The Kier molecular flexibility index (Phi) is 5.58. The number of carbonyl (C=O) groups is 1. The maximum atomic E-state index is 12.9. The zero-order chi connectivity index (χ0) is 17.7. The molecule has 0 aromatic heterocycles. The van der Waals surface area contributed by atoms with E-state index in [0.717, 1.165) is 4.31 Å². The summed E-state index contributed by atoms with van der Waals surface area (Å²) >= 11 is 0. The normalized spacial score (nSPS) is 12.5. The number of hydrogen-bond donors (Lipinski definition) is 2. The lowest BCUT2D eigenvalue weighted by molar-refractivity contribution is 0.0919. The standard InChI is InChI=1S/C17H20N2O4S/c1-13(12-20)18-17(21)15-10-6-7-11-16(15)24(22,23)19(2)14-8-4-3-5-9-14/h3-11,13,20H,12H2,1-2H3,(H,18,21). The van der Waals surface area contributed by atoms with Gasteiger partial charge in [-0.25, -0.2) is 8.42 Å². The number of anilines is 1. The largest absolute Gasteiger partial charge is 0.394 e. The molecule has 1 atom stereocenters. The number of para-hydroxylation sites is 1. The van der Waals surface area contributed by atoms with Gasteiger partial charge in [-0.3, -0.25) is 9.10 Å². The third-order valence-corrected chi connectivity index (χ3v) is 5.38. The number of hydrogen-bond acceptors (Lipinski definition) is 4. The first-order chi connectivity index (χ1) is 11.4. The first-order valence-electron chi connectivity index (χ1n) is 7.42. The second kappa shape index (κ2) is 7.46. The van der Waals surface area contributed by atoms with Gasteiger partial charge in [0.25, 0.3) is 15.9 Å². The van der Waals surface area contributed by atoms with Crippen LogP contribution in [0.4, 0.5) is 5.69 Å². The van der Waals surface area contributed by atoms with E-state index < -0.39 is 22.0 Å². The highest BCUT2D eigenvalue weighted by Crippen LogP contribution is 2.24. The monoisotopic (exact) mass is 348 g/mol. The maximum Gasteiger partial charge on any atom is 0.264 e. The molecule has 1 unspecified atom stereocenters. The van der Waals surface area contributed by atoms with Gasteiger partial charge in [0, 0.05) is 13.1 Å². The van der Waals surface area contributed by atoms with E-state index in [1.165, 1.54) is 19.2 Å². The molecule has 0 fully saturated rings. The molecule has 7 heteroatoms. The molecule has 2 aromatic carbocycles. The highest BCUT2D eigenvalue weighted by atomic mass is 32.2. The molecular formula is C17H20N2O4S. The molecule has 2 N–H and O–H groups in total. The number of aliphatic hydroxyl groups is 1. The summed E-state index contributed by atoms with van der Waals surface area (Å²) in [5, 5.41) is 11.6. The SMILES string of the molecule is CC(CO)NC(=O)c1ccccc1S(=O)(=O)N(C)c1ccccc1. The van der Waals surface area contributed by atoms with Crippen LogP contribution in [0.5, 0.6) is 0 Å². The van der Waals surface area contributed by atoms with E-state index in [-0.39, 0.29) is 17.1 Å². The topological polar surface area (TPSA) is 86.7 Å². The fraction of sp³-hybridized carbons (Fsp3) is 0.235. The van der Waals surface area contributed by atoms with Crippen LogP contribution in [0.15, 0.2) is 59.5 Å². The third kappa shape index (κ3) is 3.74. The van der Waals surface area contributed by atoms with Crippen LogP contribution in [0.2, 0.25) is 0 Å². The molecule has 24 heavy (non-hydrogen) atoms. The Balaban J connectivity index is 2.43. The van der Waals surface area contributed by atoms with Crippen molar-refractivity contribution in [2.75, 3.05) is 18.0 Å². The van der Waals surface area contributed by atoms with E-state index in [4.69, 9.17) is 5.11 Å². The van der Waals surface area contributed by atoms with E-state index in [0.29, 0.717) is 5.69 Å². The van der Waals surface area contributed by atoms with Crippen LogP contribution in [-0.4, -0.2) is 39.1 Å². The average Bonchev–Trinajstić information content (AvgIpc) is 2.61. The van der Waals surface area contributed by atoms with Gasteiger partial charge in [0.2, 0.25) is 0 Å². The lowest BCUT2D eigenvalue weighted by Gasteiger charge is -2.21. The summed E-state index contributed by atoms with van der Waals surface area (Å²) < 4.78 is 27.0. The molecule has 2 aromatic rings. The van der Waals surface area contributed by atoms with Crippen LogP contribution in [0.1, 0.15) is 17.3 Å². The van der Waals surface area contributed by atoms with Gasteiger partial charge in [-0.1, -0.05) is 30.3 Å². The molecule has 0 bridgehead atoms. The van der Waals surface area contributed by atoms with E-state index in [1.807, 2.05) is 0 Å². The van der Waals surface area contributed by atoms with Crippen molar-refractivity contribution in [2.45, 2.75) is 17.9 Å². The summed E-state index contributed by atoms with van der Waals surface area (Å²) in [7, 11) is -2.46. The van der Waals surface area contributed by atoms with Crippen LogP contribution in [-0.2, 0) is 10.0 Å². The lowest BCUT2D eigenvalue weighted by atomic mass is 10.2. The fourth-order valence-electron chi connectivity index (χ4n) is 2.15. The average molecular weight is 348 g/mol. The minimum absolute atomic E-state index is 0.0422. The molecule has 0 radical (unpaired) electrons. The summed E-state index contributed by atoms with van der Waals surface area (Å²) in [4.78, 5) is 12.3. The molecule has 0 saturated heterocycles. The van der Waals surface area contributed by atoms with Gasteiger partial charge < -0.3 is 10.4 Å². The number of nitrogens with zero attached hydrogens (tertiary/aromatic N) is 1. The van der Waals surface area contributed by atoms with E-state index in [9.17, 15) is 13.2 Å². The van der Waals surface area contributed by atoms with Crippen molar-refractivity contribution in [1.82, 2.24) is 5.32 Å². The predicted octanol–water partition coefficient (Wildman–Crippen LogP) is 1.62. The van der Waals surface area contributed by atoms with Crippen LogP contribution in [0.25, 0.3) is 0 Å². The van der Waals surface area contributed by atoms with Crippen molar-refractivity contribution < 1.29 is 18.3 Å². The number of benzene rings is 2. The Morgan fingerprint density at radius 3 is 2.33 bits per heavy atom. The van der Waals surface area contributed by atoms with Crippen LogP contribution >= 0.6 is 0 Å². The molecular weight excluding hydrogens is 328 g/mol. The highest BCUT2D eigenvalue weighted by Gasteiger charge is 2.27. The van der Waals surface area contributed by atoms with Gasteiger partial charge in [-0.15, -0.1) is 0 Å². The summed E-state index contributed by atoms with van der Waals surface area (Å²) in [6.07, 6.45) is 0. The van der Waals surface area contributed by atoms with Crippen molar-refractivity contribution >= 4 is 21.6 Å². The number of rotatable bonds is 6. The van der Waals surface area contributed by atoms with Gasteiger partial charge in [0.05, 0.1) is 17.9 Å². The Morgan fingerprint density at radius 1 is 1.12 bits per heavy atom. The van der Waals surface area contributed by atoms with Crippen LogP contribution in [0, 0.1) is 0 Å². The van der Waals surface area contributed by atoms with Gasteiger partial charge in [-0.05, 0) is 31.2 Å². The van der Waals surface area contributed by atoms with Crippen molar-refractivity contribution in [3.8, 4) is 0 Å². The molecule has 2 rings (SSSR count). The predicted molar refractivity (Wildman–Crippen MR) is 92.5 cm³/mol. The first kappa shape index (κ1) is 18.0. The van der Waals surface area contributed by atoms with E-state index in [2.05, 4.69) is 5.32 Å². The smallest absolute Gasteiger partial charge is 0.264 e. The first-order valence-corrected chi connectivity index (χ1v) is 8.86. The fourth-order valence-corrected chi connectivity index (χ4v) is 3.53. The van der Waals surface area contributed by atoms with Crippen molar-refractivity contribution in [1.29, 1.82) is 0 Å². The molecule has 0 saturated carbocycles. The molecule has 0 aliphatic rings. The molecule has 0 heterocycles. The zero-order valence-electron chi connectivity index (χ0n) is 13.5. The second-order valence-corrected chi connectivity index (χ2v) is 7.30. The second-order valence-electron chi connectivity index (χ2n) is 5.36. The summed E-state index contributed by atoms with van der Waals surface area (Å²) in [6, 6.07) is 14.2. The number of sulfonamides is 1. The van der Waals surface area contributed by atoms with Crippen molar-refractivity contribution in [3.63, 3.8) is 0 Å². The summed E-state index contributed by atoms with van der Waals surface area (Å²) in [6.45, 7) is 1.40. The van der Waals surface area contributed by atoms with Gasteiger partial charge >= 0.3 is 0 Å². The molecule has 0 aliphatic heterocycles. The van der Waals surface area contributed by atoms with E-state index >= 15 is 0 Å². The summed E-state index contributed by atoms with van der Waals surface area (Å²) in [5.41, 5.74) is 0.539. The maximum absolute atomic E-state index is 12.9. The van der Waals surface area contributed by atoms with Crippen molar-refractivity contribution in [2.24, 2.45) is 0 Å². The van der Waals surface area contributed by atoms with Gasteiger partial charge in [0.15, 0.2) is 0 Å². The van der Waals surface area contributed by atoms with Gasteiger partial charge in [0.1, 0.15) is 4.90 Å². The van der Waals surface area contributed by atoms with Crippen LogP contribution in [0.3, 0.4) is 0 Å². The number of aliphatic hydroxyl groups excluding tert-OH is 1. The van der Waals surface area contributed by atoms with Crippen molar-refractivity contribution in [3.05, 3.63) is 60.2 Å². The summed E-state index contributed by atoms with van der Waals surface area (Å²) in [5.74, 6) is -0.544. The Morgan fingerprint density at radius 2 is 1.71 bits per heavy atom. The highest BCUT2D eigenvalue weighted by molar-refractivity contribution is 7.92. The van der Waals surface area contributed by atoms with Crippen LogP contribution < -0.4 is 9.62 Å². The Hall–Kier alpha value is -2.38. The van der Waals surface area contributed by atoms with E-state index in [1.54, 1.807) is 49.4 Å². The minimum atomic E-state index is -3.90. The molecule has 0 aliphatic carbocycles. The molecule has 1 amide bonds. The minimum Gasteiger partial charge on any atom is -0.394 e. The molecule has 128 valence electrons. The third-order valence-electron chi connectivity index (χ3n) is 3.54. The number of amides is 1. The Labute approximate surface area is 141 Å². The number of nitrogens with one attached hydrogen (secondary N) is 1. The number of carbonyl (C=O) groups excluding carboxylic acids is 1. The lowest BCUT2D eigenvalue weighted by Crippen LogP contribution is -2.36. The quantitative estimate of drug-likeness (QED) is 0.830. The molecule has 6 nitrogen and oxygen atoms in total.